The zero-order valence-corrected chi connectivity index (χ0v) is 12.6. The van der Waals surface area contributed by atoms with E-state index in [2.05, 4.69) is 20.8 Å². The number of carbonyl (C=O) groups excluding carboxylic acids is 1. The summed E-state index contributed by atoms with van der Waals surface area (Å²) in [6.45, 7) is 0.883. The fraction of sp³-hybridized carbons (Fsp3) is 0.357. The van der Waals surface area contributed by atoms with Crippen molar-refractivity contribution in [1.29, 1.82) is 0 Å². The van der Waals surface area contributed by atoms with Crippen LogP contribution in [0.15, 0.2) is 30.6 Å². The van der Waals surface area contributed by atoms with E-state index in [0.717, 1.165) is 35.1 Å². The van der Waals surface area contributed by atoms with Crippen molar-refractivity contribution >= 4 is 23.4 Å². The lowest BCUT2D eigenvalue weighted by Gasteiger charge is -2.22. The fourth-order valence-corrected chi connectivity index (χ4v) is 3.14. The maximum Gasteiger partial charge on any atom is 0.242 e. The molecule has 1 aliphatic heterocycles. The first-order chi connectivity index (χ1) is 10.2. The highest BCUT2D eigenvalue weighted by Gasteiger charge is 2.20. The molecule has 0 spiro atoms. The summed E-state index contributed by atoms with van der Waals surface area (Å²) in [4.78, 5) is 12.1. The molecule has 1 amide bonds. The van der Waals surface area contributed by atoms with E-state index in [1.807, 2.05) is 35.9 Å². The molecule has 2 heterocycles. The van der Waals surface area contributed by atoms with E-state index in [-0.39, 0.29) is 11.9 Å². The van der Waals surface area contributed by atoms with Crippen LogP contribution in [0.2, 0.25) is 0 Å². The fourth-order valence-electron chi connectivity index (χ4n) is 2.21. The van der Waals surface area contributed by atoms with Crippen LogP contribution in [0.5, 0.6) is 0 Å². The van der Waals surface area contributed by atoms with E-state index in [1.54, 1.807) is 18.1 Å². The molecule has 1 saturated heterocycles. The molecule has 110 valence electrons. The SMILES string of the molecule is Cn1cnnc1-c1ccc(NC(=O)C2CSCCN2)cc1. The third kappa shape index (κ3) is 3.25. The molecule has 21 heavy (non-hydrogen) atoms. The van der Waals surface area contributed by atoms with Crippen molar-refractivity contribution in [3.05, 3.63) is 30.6 Å². The van der Waals surface area contributed by atoms with Gasteiger partial charge < -0.3 is 15.2 Å². The van der Waals surface area contributed by atoms with Crippen molar-refractivity contribution < 1.29 is 4.79 Å². The van der Waals surface area contributed by atoms with E-state index < -0.39 is 0 Å². The average Bonchev–Trinajstić information content (AvgIpc) is 2.95. The quantitative estimate of drug-likeness (QED) is 0.889. The Morgan fingerprint density at radius 3 is 2.86 bits per heavy atom. The molecule has 1 fully saturated rings. The van der Waals surface area contributed by atoms with Gasteiger partial charge in [-0.3, -0.25) is 4.79 Å². The van der Waals surface area contributed by atoms with Gasteiger partial charge in [-0.15, -0.1) is 10.2 Å². The first-order valence-electron chi connectivity index (χ1n) is 6.80. The molecule has 0 bridgehead atoms. The van der Waals surface area contributed by atoms with Gasteiger partial charge in [0, 0.05) is 36.3 Å². The minimum absolute atomic E-state index is 0.0219. The second kappa shape index (κ2) is 6.28. The minimum atomic E-state index is -0.109. The summed E-state index contributed by atoms with van der Waals surface area (Å²) in [6, 6.07) is 7.53. The Bertz CT molecular complexity index is 619. The van der Waals surface area contributed by atoms with Crippen molar-refractivity contribution in [1.82, 2.24) is 20.1 Å². The van der Waals surface area contributed by atoms with Gasteiger partial charge in [-0.2, -0.15) is 11.8 Å². The molecule has 0 radical (unpaired) electrons. The highest BCUT2D eigenvalue weighted by atomic mass is 32.2. The summed E-state index contributed by atoms with van der Waals surface area (Å²) in [7, 11) is 1.90. The van der Waals surface area contributed by atoms with E-state index >= 15 is 0 Å². The van der Waals surface area contributed by atoms with E-state index in [0.29, 0.717) is 0 Å². The second-order valence-corrected chi connectivity index (χ2v) is 6.06. The highest BCUT2D eigenvalue weighted by molar-refractivity contribution is 7.99. The third-order valence-electron chi connectivity index (χ3n) is 3.36. The van der Waals surface area contributed by atoms with Crippen LogP contribution in [0.4, 0.5) is 5.69 Å². The summed E-state index contributed by atoms with van der Waals surface area (Å²) >= 11 is 1.80. The molecule has 0 saturated carbocycles. The first-order valence-corrected chi connectivity index (χ1v) is 7.96. The number of nitrogens with zero attached hydrogens (tertiary/aromatic N) is 3. The zero-order valence-electron chi connectivity index (χ0n) is 11.7. The van der Waals surface area contributed by atoms with Crippen LogP contribution >= 0.6 is 11.8 Å². The van der Waals surface area contributed by atoms with E-state index in [4.69, 9.17) is 0 Å². The smallest absolute Gasteiger partial charge is 0.242 e. The minimum Gasteiger partial charge on any atom is -0.325 e. The van der Waals surface area contributed by atoms with Gasteiger partial charge in [0.15, 0.2) is 5.82 Å². The number of benzene rings is 1. The Morgan fingerprint density at radius 1 is 1.43 bits per heavy atom. The first kappa shape index (κ1) is 14.1. The molecule has 6 nitrogen and oxygen atoms in total. The lowest BCUT2D eigenvalue weighted by molar-refractivity contribution is -0.117. The maximum atomic E-state index is 12.1. The summed E-state index contributed by atoms with van der Waals surface area (Å²) in [5.74, 6) is 2.71. The average molecular weight is 303 g/mol. The molecule has 0 aliphatic carbocycles. The third-order valence-corrected chi connectivity index (χ3v) is 4.42. The number of amides is 1. The molecule has 2 N–H and O–H groups in total. The van der Waals surface area contributed by atoms with Gasteiger partial charge in [-0.05, 0) is 24.3 Å². The van der Waals surface area contributed by atoms with Gasteiger partial charge >= 0.3 is 0 Å². The molecule has 1 aromatic carbocycles. The zero-order chi connectivity index (χ0) is 14.7. The van der Waals surface area contributed by atoms with Crippen LogP contribution in [0.1, 0.15) is 0 Å². The van der Waals surface area contributed by atoms with Crippen LogP contribution in [-0.4, -0.2) is 44.8 Å². The van der Waals surface area contributed by atoms with Crippen LogP contribution in [-0.2, 0) is 11.8 Å². The molecule has 2 aromatic rings. The summed E-state index contributed by atoms with van der Waals surface area (Å²) in [5, 5.41) is 14.1. The Kier molecular flexibility index (Phi) is 4.21. The molecular formula is C14H17N5OS. The maximum absolute atomic E-state index is 12.1. The summed E-state index contributed by atoms with van der Waals surface area (Å²) in [6.07, 6.45) is 1.66. The second-order valence-electron chi connectivity index (χ2n) is 4.91. The molecular weight excluding hydrogens is 286 g/mol. The molecule has 7 heteroatoms. The van der Waals surface area contributed by atoms with Crippen molar-refractivity contribution in [2.24, 2.45) is 7.05 Å². The van der Waals surface area contributed by atoms with Crippen LogP contribution in [0, 0.1) is 0 Å². The number of nitrogens with one attached hydrogen (secondary N) is 2. The van der Waals surface area contributed by atoms with Gasteiger partial charge in [-0.25, -0.2) is 0 Å². The number of aromatic nitrogens is 3. The summed E-state index contributed by atoms with van der Waals surface area (Å²) < 4.78 is 1.86. The summed E-state index contributed by atoms with van der Waals surface area (Å²) in [5.41, 5.74) is 1.77. The van der Waals surface area contributed by atoms with E-state index in [9.17, 15) is 4.79 Å². The number of anilines is 1. The normalized spacial score (nSPS) is 18.4. The Labute approximate surface area is 127 Å². The van der Waals surface area contributed by atoms with Crippen LogP contribution in [0.3, 0.4) is 0 Å². The van der Waals surface area contributed by atoms with Gasteiger partial charge in [-0.1, -0.05) is 0 Å². The van der Waals surface area contributed by atoms with Gasteiger partial charge in [0.2, 0.25) is 5.91 Å². The number of thioether (sulfide) groups is 1. The Balaban J connectivity index is 1.67. The van der Waals surface area contributed by atoms with Crippen molar-refractivity contribution in [2.75, 3.05) is 23.4 Å². The van der Waals surface area contributed by atoms with Crippen LogP contribution in [0.25, 0.3) is 11.4 Å². The van der Waals surface area contributed by atoms with Crippen molar-refractivity contribution in [2.45, 2.75) is 6.04 Å². The van der Waals surface area contributed by atoms with Gasteiger partial charge in [0.1, 0.15) is 6.33 Å². The predicted molar refractivity (Wildman–Crippen MR) is 84.2 cm³/mol. The lowest BCUT2D eigenvalue weighted by Crippen LogP contribution is -2.46. The molecule has 1 aromatic heterocycles. The Morgan fingerprint density at radius 2 is 2.24 bits per heavy atom. The molecule has 1 aliphatic rings. The number of carbonyl (C=O) groups is 1. The number of rotatable bonds is 3. The number of aryl methyl sites for hydroxylation is 1. The van der Waals surface area contributed by atoms with Crippen molar-refractivity contribution in [3.63, 3.8) is 0 Å². The topological polar surface area (TPSA) is 71.8 Å². The number of hydrogen-bond acceptors (Lipinski definition) is 5. The van der Waals surface area contributed by atoms with Crippen molar-refractivity contribution in [3.8, 4) is 11.4 Å². The van der Waals surface area contributed by atoms with Crippen LogP contribution < -0.4 is 10.6 Å². The molecule has 1 atom stereocenters. The standard InChI is InChI=1S/C14H17N5OS/c1-19-9-16-18-13(19)10-2-4-11(5-3-10)17-14(20)12-8-21-7-6-15-12/h2-5,9,12,15H,6-8H2,1H3,(H,17,20). The molecule has 1 unspecified atom stereocenters. The highest BCUT2D eigenvalue weighted by Crippen LogP contribution is 2.19. The predicted octanol–water partition coefficient (Wildman–Crippen LogP) is 1.13. The lowest BCUT2D eigenvalue weighted by atomic mass is 10.2. The Hall–Kier alpha value is -1.86. The van der Waals surface area contributed by atoms with Gasteiger partial charge in [0.05, 0.1) is 6.04 Å². The largest absolute Gasteiger partial charge is 0.325 e. The van der Waals surface area contributed by atoms with Gasteiger partial charge in [0.25, 0.3) is 0 Å². The number of hydrogen-bond donors (Lipinski definition) is 2. The monoisotopic (exact) mass is 303 g/mol. The van der Waals surface area contributed by atoms with E-state index in [1.165, 1.54) is 0 Å². The molecule has 3 rings (SSSR count).